The fourth-order valence-corrected chi connectivity index (χ4v) is 9.39. The quantitative estimate of drug-likeness (QED) is 0.479. The van der Waals surface area contributed by atoms with Crippen LogP contribution in [0.4, 0.5) is 0 Å². The van der Waals surface area contributed by atoms with Crippen molar-refractivity contribution in [3.63, 3.8) is 0 Å². The minimum atomic E-state index is -1.96. The largest absolute Gasteiger partial charge is 0.454 e. The molecule has 1 heterocycles. The van der Waals surface area contributed by atoms with Gasteiger partial charge < -0.3 is 9.16 Å². The predicted molar refractivity (Wildman–Crippen MR) is 108 cm³/mol. The molecular formula is C22H30O3Si. The summed E-state index contributed by atoms with van der Waals surface area (Å²) in [5.41, 5.74) is 2.11. The SMILES string of the molecule is C=CCC1O[Si](C(C)C)(C(C)C)CC2CC(=O)C(Oc3ccccc3)=C21. The van der Waals surface area contributed by atoms with E-state index >= 15 is 0 Å². The van der Waals surface area contributed by atoms with E-state index in [0.29, 0.717) is 29.0 Å². The number of benzene rings is 1. The van der Waals surface area contributed by atoms with Gasteiger partial charge in [0.1, 0.15) is 5.75 Å². The molecule has 0 aromatic heterocycles. The molecule has 0 radical (unpaired) electrons. The maximum Gasteiger partial charge on any atom is 0.199 e. The third kappa shape index (κ3) is 3.32. The Balaban J connectivity index is 2.00. The molecule has 1 saturated heterocycles. The molecular weight excluding hydrogens is 340 g/mol. The number of para-hydroxylation sites is 1. The Morgan fingerprint density at radius 2 is 1.88 bits per heavy atom. The van der Waals surface area contributed by atoms with Crippen LogP contribution in [0.15, 0.2) is 54.3 Å². The monoisotopic (exact) mass is 370 g/mol. The zero-order valence-corrected chi connectivity index (χ0v) is 17.3. The van der Waals surface area contributed by atoms with E-state index in [-0.39, 0.29) is 17.8 Å². The van der Waals surface area contributed by atoms with Crippen LogP contribution in [0.2, 0.25) is 17.1 Å². The summed E-state index contributed by atoms with van der Waals surface area (Å²) in [7, 11) is -1.96. The standard InChI is InChI=1S/C22H30O3Si/c1-6-10-20-21-17(14-26(25-20,15(2)3)16(4)5)13-19(23)22(21)24-18-11-8-7-9-12-18/h6-9,11-12,15-17,20H,1,10,13-14H2,2-5H3. The van der Waals surface area contributed by atoms with Gasteiger partial charge in [-0.2, -0.15) is 0 Å². The number of ketones is 1. The van der Waals surface area contributed by atoms with Crippen molar-refractivity contribution in [3.8, 4) is 5.75 Å². The van der Waals surface area contributed by atoms with E-state index in [1.54, 1.807) is 0 Å². The normalized spacial score (nSPS) is 24.9. The first-order valence-electron chi connectivity index (χ1n) is 9.68. The summed E-state index contributed by atoms with van der Waals surface area (Å²) in [5.74, 6) is 1.60. The lowest BCUT2D eigenvalue weighted by Crippen LogP contribution is -2.53. The molecule has 0 N–H and O–H groups in total. The summed E-state index contributed by atoms with van der Waals surface area (Å²) in [6.45, 7) is 13.0. The summed E-state index contributed by atoms with van der Waals surface area (Å²) >= 11 is 0. The average Bonchev–Trinajstić information content (AvgIpc) is 2.91. The fraction of sp³-hybridized carbons (Fsp3) is 0.500. The Kier molecular flexibility index (Phi) is 5.54. The number of allylic oxidation sites excluding steroid dienone is 1. The zero-order valence-electron chi connectivity index (χ0n) is 16.3. The van der Waals surface area contributed by atoms with E-state index in [9.17, 15) is 4.79 Å². The van der Waals surface area contributed by atoms with Crippen LogP contribution in [0.1, 0.15) is 40.5 Å². The van der Waals surface area contributed by atoms with Gasteiger partial charge >= 0.3 is 0 Å². The van der Waals surface area contributed by atoms with Gasteiger partial charge in [0.25, 0.3) is 0 Å². The number of ether oxygens (including phenoxy) is 1. The highest BCUT2D eigenvalue weighted by Gasteiger charge is 2.54. The van der Waals surface area contributed by atoms with Gasteiger partial charge in [-0.3, -0.25) is 4.79 Å². The molecule has 3 rings (SSSR count). The van der Waals surface area contributed by atoms with Crippen molar-refractivity contribution in [1.29, 1.82) is 0 Å². The molecule has 140 valence electrons. The maximum atomic E-state index is 12.8. The highest BCUT2D eigenvalue weighted by molar-refractivity contribution is 6.76. The van der Waals surface area contributed by atoms with Crippen molar-refractivity contribution in [1.82, 2.24) is 0 Å². The first-order valence-corrected chi connectivity index (χ1v) is 11.9. The third-order valence-electron chi connectivity index (χ3n) is 5.96. The molecule has 0 saturated carbocycles. The first kappa shape index (κ1) is 19.1. The molecule has 1 aliphatic carbocycles. The number of carbonyl (C=O) groups excluding carboxylic acids is 1. The fourth-order valence-electron chi connectivity index (χ4n) is 4.58. The predicted octanol–water partition coefficient (Wildman–Crippen LogP) is 5.65. The Morgan fingerprint density at radius 1 is 1.23 bits per heavy atom. The van der Waals surface area contributed by atoms with Crippen LogP contribution in [0.5, 0.6) is 5.75 Å². The summed E-state index contributed by atoms with van der Waals surface area (Å²) < 4.78 is 12.9. The molecule has 0 amide bonds. The Hall–Kier alpha value is -1.65. The lowest BCUT2D eigenvalue weighted by atomic mass is 9.96. The molecule has 0 bridgehead atoms. The Bertz CT molecular complexity index is 697. The van der Waals surface area contributed by atoms with Gasteiger partial charge in [0, 0.05) is 12.0 Å². The number of fused-ring (bicyclic) bond motifs is 1. The van der Waals surface area contributed by atoms with Crippen LogP contribution >= 0.6 is 0 Å². The van der Waals surface area contributed by atoms with E-state index in [1.807, 2.05) is 36.4 Å². The molecule has 26 heavy (non-hydrogen) atoms. The second kappa shape index (κ2) is 7.53. The topological polar surface area (TPSA) is 35.5 Å². The summed E-state index contributed by atoms with van der Waals surface area (Å²) in [6.07, 6.45) is 3.12. The van der Waals surface area contributed by atoms with Crippen LogP contribution in [-0.4, -0.2) is 20.2 Å². The molecule has 4 heteroatoms. The number of rotatable bonds is 6. The highest BCUT2D eigenvalue weighted by Crippen LogP contribution is 2.51. The molecule has 2 aliphatic rings. The van der Waals surface area contributed by atoms with Crippen molar-refractivity contribution in [2.45, 2.75) is 63.8 Å². The Morgan fingerprint density at radius 3 is 2.46 bits per heavy atom. The maximum absolute atomic E-state index is 12.8. The van der Waals surface area contributed by atoms with Crippen molar-refractivity contribution in [2.75, 3.05) is 0 Å². The lowest BCUT2D eigenvalue weighted by Gasteiger charge is -2.48. The zero-order chi connectivity index (χ0) is 18.9. The van der Waals surface area contributed by atoms with E-state index in [4.69, 9.17) is 9.16 Å². The smallest absolute Gasteiger partial charge is 0.199 e. The minimum Gasteiger partial charge on any atom is -0.454 e. The van der Waals surface area contributed by atoms with E-state index in [1.165, 1.54) is 0 Å². The summed E-state index contributed by atoms with van der Waals surface area (Å²) in [4.78, 5) is 12.8. The van der Waals surface area contributed by atoms with Crippen molar-refractivity contribution < 1.29 is 14.0 Å². The van der Waals surface area contributed by atoms with E-state index in [0.717, 1.165) is 18.0 Å². The van der Waals surface area contributed by atoms with Crippen LogP contribution in [0.3, 0.4) is 0 Å². The second-order valence-corrected chi connectivity index (χ2v) is 13.0. The highest BCUT2D eigenvalue weighted by atomic mass is 28.4. The molecule has 1 aromatic rings. The molecule has 2 atom stereocenters. The minimum absolute atomic E-state index is 0.0760. The second-order valence-electron chi connectivity index (χ2n) is 8.12. The molecule has 1 aromatic carbocycles. The number of hydrogen-bond donors (Lipinski definition) is 0. The molecule has 1 aliphatic heterocycles. The van der Waals surface area contributed by atoms with Gasteiger partial charge in [-0.05, 0) is 41.6 Å². The van der Waals surface area contributed by atoms with Gasteiger partial charge in [0.15, 0.2) is 19.9 Å². The average molecular weight is 371 g/mol. The number of carbonyl (C=O) groups is 1. The number of Topliss-reactive ketones (excluding diaryl/α,β-unsaturated/α-hetero) is 1. The van der Waals surface area contributed by atoms with Crippen LogP contribution < -0.4 is 4.74 Å². The van der Waals surface area contributed by atoms with E-state index in [2.05, 4.69) is 34.3 Å². The van der Waals surface area contributed by atoms with Crippen LogP contribution in [0, 0.1) is 5.92 Å². The summed E-state index contributed by atoms with van der Waals surface area (Å²) in [5, 5.41) is 0. The number of hydrogen-bond acceptors (Lipinski definition) is 3. The lowest BCUT2D eigenvalue weighted by molar-refractivity contribution is -0.117. The van der Waals surface area contributed by atoms with Crippen molar-refractivity contribution in [2.24, 2.45) is 5.92 Å². The van der Waals surface area contributed by atoms with E-state index < -0.39 is 8.32 Å². The van der Waals surface area contributed by atoms with Crippen LogP contribution in [0.25, 0.3) is 0 Å². The van der Waals surface area contributed by atoms with Gasteiger partial charge in [-0.15, -0.1) is 6.58 Å². The van der Waals surface area contributed by atoms with Gasteiger partial charge in [0.05, 0.1) is 6.10 Å². The van der Waals surface area contributed by atoms with Gasteiger partial charge in [-0.1, -0.05) is 52.0 Å². The van der Waals surface area contributed by atoms with Gasteiger partial charge in [0.2, 0.25) is 0 Å². The Labute approximate surface area is 158 Å². The molecule has 1 fully saturated rings. The first-order chi connectivity index (χ1) is 12.4. The van der Waals surface area contributed by atoms with Crippen molar-refractivity contribution >= 4 is 14.1 Å². The molecule has 2 unspecified atom stereocenters. The van der Waals surface area contributed by atoms with Crippen molar-refractivity contribution in [3.05, 3.63) is 54.3 Å². The molecule has 3 nitrogen and oxygen atoms in total. The van der Waals surface area contributed by atoms with Crippen LogP contribution in [-0.2, 0) is 9.22 Å². The van der Waals surface area contributed by atoms with Gasteiger partial charge in [-0.25, -0.2) is 0 Å². The molecule has 0 spiro atoms. The third-order valence-corrected chi connectivity index (χ3v) is 11.7. The summed E-state index contributed by atoms with van der Waals surface area (Å²) in [6, 6.07) is 10.6.